The summed E-state index contributed by atoms with van der Waals surface area (Å²) in [5, 5.41) is 9.66. The van der Waals surface area contributed by atoms with Gasteiger partial charge in [-0.2, -0.15) is 0 Å². The fourth-order valence-electron chi connectivity index (χ4n) is 4.00. The summed E-state index contributed by atoms with van der Waals surface area (Å²) in [6.07, 6.45) is 6.85. The van der Waals surface area contributed by atoms with Crippen LogP contribution >= 0.6 is 0 Å². The molecule has 1 saturated heterocycles. The molecule has 0 aromatic rings. The van der Waals surface area contributed by atoms with Gasteiger partial charge in [-0.3, -0.25) is 0 Å². The highest BCUT2D eigenvalue weighted by atomic mass is 16.6. The molecule has 2 heteroatoms. The van der Waals surface area contributed by atoms with Crippen LogP contribution in [0, 0.1) is 17.8 Å². The number of aliphatic hydroxyl groups is 1. The minimum Gasteiger partial charge on any atom is -0.368 e. The predicted molar refractivity (Wildman–Crippen MR) is 53.7 cm³/mol. The Morgan fingerprint density at radius 1 is 1.43 bits per heavy atom. The highest BCUT2D eigenvalue weighted by molar-refractivity contribution is 5.10. The topological polar surface area (TPSA) is 29.5 Å². The molecule has 14 heavy (non-hydrogen) atoms. The fourth-order valence-corrected chi connectivity index (χ4v) is 4.00. The number of aliphatic hydroxyl groups excluding tert-OH is 1. The fraction of sp³-hybridized carbons (Fsp3) is 1.00. The van der Waals surface area contributed by atoms with E-state index in [4.69, 9.17) is 4.74 Å². The van der Waals surface area contributed by atoms with Crippen molar-refractivity contribution in [1.29, 1.82) is 0 Å². The molecule has 3 aliphatic rings. The van der Waals surface area contributed by atoms with Crippen molar-refractivity contribution < 1.29 is 9.84 Å². The van der Waals surface area contributed by atoms with Crippen molar-refractivity contribution in [2.75, 3.05) is 0 Å². The molecule has 1 aliphatic heterocycles. The lowest BCUT2D eigenvalue weighted by atomic mass is 9.74. The summed E-state index contributed by atoms with van der Waals surface area (Å²) in [5.74, 6) is 2.34. The molecule has 3 rings (SSSR count). The molecule has 80 valence electrons. The van der Waals surface area contributed by atoms with Crippen LogP contribution in [-0.2, 0) is 4.74 Å². The van der Waals surface area contributed by atoms with Crippen LogP contribution in [-0.4, -0.2) is 17.0 Å². The largest absolute Gasteiger partial charge is 0.368 e. The Morgan fingerprint density at radius 3 is 3.07 bits per heavy atom. The summed E-state index contributed by atoms with van der Waals surface area (Å²) in [4.78, 5) is 0. The van der Waals surface area contributed by atoms with Gasteiger partial charge in [-0.05, 0) is 37.0 Å². The molecule has 5 atom stereocenters. The van der Waals surface area contributed by atoms with E-state index in [1.54, 1.807) is 0 Å². The normalized spacial score (nSPS) is 56.1. The zero-order valence-electron chi connectivity index (χ0n) is 8.91. The second-order valence-corrected chi connectivity index (χ2v) is 5.36. The monoisotopic (exact) mass is 196 g/mol. The third-order valence-corrected chi connectivity index (χ3v) is 4.72. The third kappa shape index (κ3) is 1.10. The third-order valence-electron chi connectivity index (χ3n) is 4.72. The van der Waals surface area contributed by atoms with Crippen molar-refractivity contribution >= 4 is 0 Å². The van der Waals surface area contributed by atoms with Crippen LogP contribution in [0.5, 0.6) is 0 Å². The quantitative estimate of drug-likeness (QED) is 0.697. The van der Waals surface area contributed by atoms with E-state index in [0.29, 0.717) is 5.92 Å². The van der Waals surface area contributed by atoms with E-state index in [2.05, 4.69) is 6.92 Å². The molecular formula is C12H20O2. The van der Waals surface area contributed by atoms with E-state index < -0.39 is 6.29 Å². The van der Waals surface area contributed by atoms with Crippen molar-refractivity contribution in [2.45, 2.75) is 57.3 Å². The van der Waals surface area contributed by atoms with Crippen molar-refractivity contribution in [2.24, 2.45) is 17.8 Å². The van der Waals surface area contributed by atoms with Gasteiger partial charge in [0, 0.05) is 6.42 Å². The smallest absolute Gasteiger partial charge is 0.155 e. The number of hydrogen-bond acceptors (Lipinski definition) is 2. The molecule has 0 radical (unpaired) electrons. The maximum atomic E-state index is 9.66. The molecule has 0 aromatic heterocycles. The molecule has 5 unspecified atom stereocenters. The van der Waals surface area contributed by atoms with Crippen molar-refractivity contribution in [3.63, 3.8) is 0 Å². The molecular weight excluding hydrogens is 176 g/mol. The number of rotatable bonds is 1. The first kappa shape index (κ1) is 9.17. The maximum absolute atomic E-state index is 9.66. The first-order valence-corrected chi connectivity index (χ1v) is 6.12. The Balaban J connectivity index is 1.86. The predicted octanol–water partition coefficient (Wildman–Crippen LogP) is 2.31. The standard InChI is InChI=1S/C12H20O2/c1-2-9-7-11(13)14-12(9)5-3-4-8-6-10(8)12/h8-11,13H,2-7H2,1H3. The van der Waals surface area contributed by atoms with Gasteiger partial charge in [-0.1, -0.05) is 19.8 Å². The first-order valence-electron chi connectivity index (χ1n) is 6.12. The molecule has 0 aromatic carbocycles. The van der Waals surface area contributed by atoms with E-state index in [0.717, 1.165) is 18.3 Å². The van der Waals surface area contributed by atoms with Crippen molar-refractivity contribution in [3.05, 3.63) is 0 Å². The van der Waals surface area contributed by atoms with Gasteiger partial charge in [0.25, 0.3) is 0 Å². The summed E-state index contributed by atoms with van der Waals surface area (Å²) in [5.41, 5.74) is 0.0943. The highest BCUT2D eigenvalue weighted by Gasteiger charge is 2.61. The molecule has 2 aliphatic carbocycles. The van der Waals surface area contributed by atoms with E-state index >= 15 is 0 Å². The molecule has 0 amide bonds. The molecule has 2 nitrogen and oxygen atoms in total. The van der Waals surface area contributed by atoms with Gasteiger partial charge in [-0.15, -0.1) is 0 Å². The zero-order chi connectivity index (χ0) is 9.76. The highest BCUT2D eigenvalue weighted by Crippen LogP contribution is 2.62. The Hall–Kier alpha value is -0.0800. The minimum absolute atomic E-state index is 0.0943. The van der Waals surface area contributed by atoms with Gasteiger partial charge < -0.3 is 9.84 Å². The van der Waals surface area contributed by atoms with Crippen LogP contribution in [0.4, 0.5) is 0 Å². The molecule has 3 fully saturated rings. The first-order chi connectivity index (χ1) is 6.76. The van der Waals surface area contributed by atoms with Gasteiger partial charge >= 0.3 is 0 Å². The van der Waals surface area contributed by atoms with E-state index in [-0.39, 0.29) is 5.60 Å². The number of ether oxygens (including phenoxy) is 1. The summed E-state index contributed by atoms with van der Waals surface area (Å²) in [6.45, 7) is 2.24. The number of hydrogen-bond donors (Lipinski definition) is 1. The van der Waals surface area contributed by atoms with Gasteiger partial charge in [0.05, 0.1) is 5.60 Å². The van der Waals surface area contributed by atoms with Crippen LogP contribution in [0.15, 0.2) is 0 Å². The van der Waals surface area contributed by atoms with Crippen LogP contribution in [0.2, 0.25) is 0 Å². The van der Waals surface area contributed by atoms with Crippen LogP contribution < -0.4 is 0 Å². The zero-order valence-corrected chi connectivity index (χ0v) is 8.91. The summed E-state index contributed by atoms with van der Waals surface area (Å²) < 4.78 is 5.90. The summed E-state index contributed by atoms with van der Waals surface area (Å²) in [7, 11) is 0. The Kier molecular flexibility index (Phi) is 1.94. The number of fused-ring (bicyclic) bond motifs is 2. The van der Waals surface area contributed by atoms with E-state index in [1.165, 1.54) is 32.1 Å². The van der Waals surface area contributed by atoms with Crippen LogP contribution in [0.1, 0.15) is 45.4 Å². The SMILES string of the molecule is CCC1CC(O)OC12CCCC1CC12. The second-order valence-electron chi connectivity index (χ2n) is 5.36. The van der Waals surface area contributed by atoms with Gasteiger partial charge in [-0.25, -0.2) is 0 Å². The van der Waals surface area contributed by atoms with Crippen molar-refractivity contribution in [3.8, 4) is 0 Å². The Bertz CT molecular complexity index is 240. The molecule has 1 N–H and O–H groups in total. The van der Waals surface area contributed by atoms with Crippen molar-refractivity contribution in [1.82, 2.24) is 0 Å². The minimum atomic E-state index is -0.473. The second kappa shape index (κ2) is 2.96. The average Bonchev–Trinajstić information content (AvgIpc) is 2.88. The van der Waals surface area contributed by atoms with Gasteiger partial charge in [0.2, 0.25) is 0 Å². The lowest BCUT2D eigenvalue weighted by Gasteiger charge is -2.37. The lowest BCUT2D eigenvalue weighted by Crippen LogP contribution is -2.40. The average molecular weight is 196 g/mol. The van der Waals surface area contributed by atoms with Gasteiger partial charge in [0.1, 0.15) is 0 Å². The summed E-state index contributed by atoms with van der Waals surface area (Å²) in [6, 6.07) is 0. The van der Waals surface area contributed by atoms with E-state index in [1.807, 2.05) is 0 Å². The Morgan fingerprint density at radius 2 is 2.29 bits per heavy atom. The Labute approximate surface area is 85.6 Å². The summed E-state index contributed by atoms with van der Waals surface area (Å²) >= 11 is 0. The lowest BCUT2D eigenvalue weighted by molar-refractivity contribution is -0.162. The molecule has 2 saturated carbocycles. The van der Waals surface area contributed by atoms with Crippen LogP contribution in [0.25, 0.3) is 0 Å². The molecule has 0 bridgehead atoms. The molecule has 1 spiro atoms. The molecule has 1 heterocycles. The van der Waals surface area contributed by atoms with E-state index in [9.17, 15) is 5.11 Å². The maximum Gasteiger partial charge on any atom is 0.155 e. The van der Waals surface area contributed by atoms with Crippen LogP contribution in [0.3, 0.4) is 0 Å². The van der Waals surface area contributed by atoms with Gasteiger partial charge in [0.15, 0.2) is 6.29 Å².